The SMILES string of the molecule is CCC(C)N(C(=O)NC1CCCCC1)C(C)CC. The van der Waals surface area contributed by atoms with Gasteiger partial charge in [0.2, 0.25) is 0 Å². The molecule has 0 aromatic carbocycles. The van der Waals surface area contributed by atoms with Crippen LogP contribution in [0.4, 0.5) is 4.79 Å². The molecule has 1 N–H and O–H groups in total. The molecule has 1 fully saturated rings. The molecular weight excluding hydrogens is 224 g/mol. The standard InChI is InChI=1S/C15H30N2O/c1-5-12(3)17(13(4)6-2)15(18)16-14-10-8-7-9-11-14/h12-14H,5-11H2,1-4H3,(H,16,18). The van der Waals surface area contributed by atoms with Crippen LogP contribution in [0.15, 0.2) is 0 Å². The molecule has 0 aromatic heterocycles. The van der Waals surface area contributed by atoms with Crippen LogP contribution in [0, 0.1) is 0 Å². The molecule has 2 unspecified atom stereocenters. The van der Waals surface area contributed by atoms with Crippen molar-refractivity contribution in [1.29, 1.82) is 0 Å². The van der Waals surface area contributed by atoms with Crippen molar-refractivity contribution in [3.8, 4) is 0 Å². The highest BCUT2D eigenvalue weighted by molar-refractivity contribution is 5.75. The van der Waals surface area contributed by atoms with Crippen molar-refractivity contribution in [2.75, 3.05) is 0 Å². The molecule has 1 aliphatic carbocycles. The fraction of sp³-hybridized carbons (Fsp3) is 0.933. The van der Waals surface area contributed by atoms with Crippen LogP contribution in [0.2, 0.25) is 0 Å². The fourth-order valence-electron chi connectivity index (χ4n) is 2.72. The molecule has 0 heterocycles. The maximum atomic E-state index is 12.4. The molecular formula is C15H30N2O. The first-order valence-electron chi connectivity index (χ1n) is 7.68. The van der Waals surface area contributed by atoms with E-state index in [0.29, 0.717) is 18.1 Å². The predicted octanol–water partition coefficient (Wildman–Crippen LogP) is 3.93. The van der Waals surface area contributed by atoms with Crippen LogP contribution in [0.5, 0.6) is 0 Å². The average Bonchev–Trinajstić information content (AvgIpc) is 2.39. The minimum absolute atomic E-state index is 0.144. The van der Waals surface area contributed by atoms with Gasteiger partial charge in [0.15, 0.2) is 0 Å². The van der Waals surface area contributed by atoms with E-state index in [-0.39, 0.29) is 6.03 Å². The van der Waals surface area contributed by atoms with Gasteiger partial charge in [-0.3, -0.25) is 0 Å². The molecule has 0 bridgehead atoms. The molecule has 18 heavy (non-hydrogen) atoms. The maximum Gasteiger partial charge on any atom is 0.318 e. The van der Waals surface area contributed by atoms with Crippen molar-refractivity contribution in [2.24, 2.45) is 0 Å². The zero-order valence-corrected chi connectivity index (χ0v) is 12.5. The molecule has 106 valence electrons. The summed E-state index contributed by atoms with van der Waals surface area (Å²) in [5.74, 6) is 0. The Balaban J connectivity index is 2.57. The smallest absolute Gasteiger partial charge is 0.318 e. The number of rotatable bonds is 5. The van der Waals surface area contributed by atoms with Gasteiger partial charge in [0.05, 0.1) is 0 Å². The summed E-state index contributed by atoms with van der Waals surface area (Å²) >= 11 is 0. The van der Waals surface area contributed by atoms with E-state index in [4.69, 9.17) is 0 Å². The van der Waals surface area contributed by atoms with Gasteiger partial charge in [0.1, 0.15) is 0 Å². The van der Waals surface area contributed by atoms with E-state index in [9.17, 15) is 4.79 Å². The number of carbonyl (C=O) groups excluding carboxylic acids is 1. The van der Waals surface area contributed by atoms with Crippen LogP contribution in [-0.4, -0.2) is 29.1 Å². The van der Waals surface area contributed by atoms with Gasteiger partial charge in [-0.2, -0.15) is 0 Å². The van der Waals surface area contributed by atoms with Crippen LogP contribution >= 0.6 is 0 Å². The van der Waals surface area contributed by atoms with Crippen molar-refractivity contribution in [3.63, 3.8) is 0 Å². The Bertz CT molecular complexity index is 239. The molecule has 0 radical (unpaired) electrons. The monoisotopic (exact) mass is 254 g/mol. The van der Waals surface area contributed by atoms with Crippen LogP contribution in [0.3, 0.4) is 0 Å². The van der Waals surface area contributed by atoms with E-state index in [1.807, 2.05) is 4.90 Å². The quantitative estimate of drug-likeness (QED) is 0.792. The minimum atomic E-state index is 0.144. The molecule has 1 rings (SSSR count). The van der Waals surface area contributed by atoms with E-state index < -0.39 is 0 Å². The molecule has 1 saturated carbocycles. The maximum absolute atomic E-state index is 12.4. The highest BCUT2D eigenvalue weighted by Gasteiger charge is 2.25. The first kappa shape index (κ1) is 15.3. The Morgan fingerprint density at radius 2 is 1.61 bits per heavy atom. The zero-order valence-electron chi connectivity index (χ0n) is 12.5. The van der Waals surface area contributed by atoms with Gasteiger partial charge in [0, 0.05) is 18.1 Å². The van der Waals surface area contributed by atoms with Crippen molar-refractivity contribution >= 4 is 6.03 Å². The van der Waals surface area contributed by atoms with E-state index >= 15 is 0 Å². The second-order valence-corrected chi connectivity index (χ2v) is 5.71. The van der Waals surface area contributed by atoms with Crippen molar-refractivity contribution in [2.45, 2.75) is 90.8 Å². The molecule has 0 aliphatic heterocycles. The lowest BCUT2D eigenvalue weighted by Crippen LogP contribution is -2.52. The number of hydrogen-bond donors (Lipinski definition) is 1. The molecule has 3 heteroatoms. The third kappa shape index (κ3) is 4.18. The lowest BCUT2D eigenvalue weighted by Gasteiger charge is -2.36. The lowest BCUT2D eigenvalue weighted by atomic mass is 9.95. The third-order valence-electron chi connectivity index (χ3n) is 4.30. The van der Waals surface area contributed by atoms with Gasteiger partial charge >= 0.3 is 6.03 Å². The summed E-state index contributed by atoms with van der Waals surface area (Å²) in [6.45, 7) is 8.58. The Kier molecular flexibility index (Phi) is 6.51. The number of nitrogens with one attached hydrogen (secondary N) is 1. The van der Waals surface area contributed by atoms with Gasteiger partial charge in [-0.15, -0.1) is 0 Å². The third-order valence-corrected chi connectivity index (χ3v) is 4.30. The highest BCUT2D eigenvalue weighted by atomic mass is 16.2. The summed E-state index contributed by atoms with van der Waals surface area (Å²) in [5.41, 5.74) is 0. The number of urea groups is 1. The van der Waals surface area contributed by atoms with Crippen molar-refractivity contribution < 1.29 is 4.79 Å². The molecule has 1 aliphatic rings. The Morgan fingerprint density at radius 3 is 2.06 bits per heavy atom. The van der Waals surface area contributed by atoms with Gasteiger partial charge in [-0.25, -0.2) is 4.79 Å². The Labute approximate surface area is 112 Å². The zero-order chi connectivity index (χ0) is 13.5. The first-order chi connectivity index (χ1) is 8.60. The summed E-state index contributed by atoms with van der Waals surface area (Å²) < 4.78 is 0. The van der Waals surface area contributed by atoms with E-state index in [1.165, 1.54) is 19.3 Å². The van der Waals surface area contributed by atoms with Crippen LogP contribution in [-0.2, 0) is 0 Å². The molecule has 0 spiro atoms. The van der Waals surface area contributed by atoms with Crippen LogP contribution in [0.25, 0.3) is 0 Å². The molecule has 0 saturated heterocycles. The summed E-state index contributed by atoms with van der Waals surface area (Å²) in [6.07, 6.45) is 8.19. The Morgan fingerprint density at radius 1 is 1.11 bits per heavy atom. The number of amides is 2. The first-order valence-corrected chi connectivity index (χ1v) is 7.68. The number of carbonyl (C=O) groups is 1. The van der Waals surface area contributed by atoms with Gasteiger partial charge in [-0.1, -0.05) is 33.1 Å². The van der Waals surface area contributed by atoms with E-state index in [2.05, 4.69) is 33.0 Å². The summed E-state index contributed by atoms with van der Waals surface area (Å²) in [6, 6.07) is 1.19. The average molecular weight is 254 g/mol. The summed E-state index contributed by atoms with van der Waals surface area (Å²) in [7, 11) is 0. The summed E-state index contributed by atoms with van der Waals surface area (Å²) in [5, 5.41) is 3.24. The highest BCUT2D eigenvalue weighted by Crippen LogP contribution is 2.19. The molecule has 3 nitrogen and oxygen atoms in total. The molecule has 2 atom stereocenters. The second kappa shape index (κ2) is 7.65. The summed E-state index contributed by atoms with van der Waals surface area (Å²) in [4.78, 5) is 14.5. The number of hydrogen-bond acceptors (Lipinski definition) is 1. The minimum Gasteiger partial charge on any atom is -0.335 e. The lowest BCUT2D eigenvalue weighted by molar-refractivity contribution is 0.144. The van der Waals surface area contributed by atoms with Crippen LogP contribution < -0.4 is 5.32 Å². The predicted molar refractivity (Wildman–Crippen MR) is 76.7 cm³/mol. The molecule has 2 amide bonds. The number of nitrogens with zero attached hydrogens (tertiary/aromatic N) is 1. The Hall–Kier alpha value is -0.730. The fourth-order valence-corrected chi connectivity index (χ4v) is 2.72. The van der Waals surface area contributed by atoms with Crippen LogP contribution in [0.1, 0.15) is 72.6 Å². The topological polar surface area (TPSA) is 32.3 Å². The van der Waals surface area contributed by atoms with E-state index in [1.54, 1.807) is 0 Å². The largest absolute Gasteiger partial charge is 0.335 e. The second-order valence-electron chi connectivity index (χ2n) is 5.71. The van der Waals surface area contributed by atoms with Gasteiger partial charge < -0.3 is 10.2 Å². The van der Waals surface area contributed by atoms with Gasteiger partial charge in [-0.05, 0) is 39.5 Å². The van der Waals surface area contributed by atoms with Crippen molar-refractivity contribution in [3.05, 3.63) is 0 Å². The normalized spacial score (nSPS) is 20.2. The van der Waals surface area contributed by atoms with Gasteiger partial charge in [0.25, 0.3) is 0 Å². The van der Waals surface area contributed by atoms with E-state index in [0.717, 1.165) is 25.7 Å². The molecule has 0 aromatic rings. The van der Waals surface area contributed by atoms with Crippen molar-refractivity contribution in [1.82, 2.24) is 10.2 Å².